The predicted octanol–water partition coefficient (Wildman–Crippen LogP) is 4.05. The highest BCUT2D eigenvalue weighted by Crippen LogP contribution is 2.31. The Balaban J connectivity index is 1.96. The van der Waals surface area contributed by atoms with Gasteiger partial charge in [-0.3, -0.25) is 0 Å². The number of rotatable bonds is 4. The van der Waals surface area contributed by atoms with Crippen LogP contribution in [0.2, 0.25) is 0 Å². The van der Waals surface area contributed by atoms with Crippen molar-refractivity contribution in [1.82, 2.24) is 9.38 Å². The van der Waals surface area contributed by atoms with Crippen molar-refractivity contribution in [3.8, 4) is 0 Å². The molecule has 0 saturated carbocycles. The number of hydrogen-bond acceptors (Lipinski definition) is 4. The zero-order valence-electron chi connectivity index (χ0n) is 14.5. The molecule has 0 fully saturated rings. The number of amidine groups is 1. The van der Waals surface area contributed by atoms with Crippen molar-refractivity contribution in [1.29, 1.82) is 5.53 Å². The molecular formula is C19H16FN7. The molecule has 2 aromatic carbocycles. The van der Waals surface area contributed by atoms with E-state index >= 15 is 0 Å². The van der Waals surface area contributed by atoms with Gasteiger partial charge in [-0.05, 0) is 42.5 Å². The first kappa shape index (κ1) is 16.6. The number of halogens is 1. The molecule has 0 amide bonds. The normalized spacial score (nSPS) is 11.9. The topological polar surface area (TPSA) is 95.1 Å². The van der Waals surface area contributed by atoms with E-state index in [1.54, 1.807) is 42.3 Å². The number of hydrogen-bond donors (Lipinski definition) is 2. The van der Waals surface area contributed by atoms with Crippen molar-refractivity contribution >= 4 is 33.9 Å². The molecule has 3 N–H and O–H groups in total. The van der Waals surface area contributed by atoms with E-state index in [1.165, 1.54) is 6.07 Å². The summed E-state index contributed by atoms with van der Waals surface area (Å²) >= 11 is 0. The lowest BCUT2D eigenvalue weighted by molar-refractivity contribution is 0.627. The van der Waals surface area contributed by atoms with Crippen LogP contribution >= 0.6 is 0 Å². The number of anilines is 2. The Hall–Kier alpha value is -3.81. The van der Waals surface area contributed by atoms with Crippen molar-refractivity contribution in [2.24, 2.45) is 16.1 Å². The number of nitrogens with two attached hydrogens (primary N) is 1. The number of para-hydroxylation sites is 1. The number of nitrogens with one attached hydrogen (secondary N) is 1. The van der Waals surface area contributed by atoms with E-state index in [4.69, 9.17) is 16.2 Å². The third kappa shape index (κ3) is 2.77. The Morgan fingerprint density at radius 2 is 1.96 bits per heavy atom. The highest BCUT2D eigenvalue weighted by molar-refractivity contribution is 6.00. The van der Waals surface area contributed by atoms with Crippen LogP contribution in [0.1, 0.15) is 5.56 Å². The molecular weight excluding hydrogens is 345 g/mol. The Morgan fingerprint density at radius 1 is 1.15 bits per heavy atom. The summed E-state index contributed by atoms with van der Waals surface area (Å²) in [6, 6.07) is 15.9. The van der Waals surface area contributed by atoms with Gasteiger partial charge in [0.1, 0.15) is 5.82 Å². The summed E-state index contributed by atoms with van der Waals surface area (Å²) in [5.74, 6) is 0.412. The highest BCUT2D eigenvalue weighted by atomic mass is 19.1. The summed E-state index contributed by atoms with van der Waals surface area (Å²) < 4.78 is 16.3. The number of benzene rings is 2. The van der Waals surface area contributed by atoms with Crippen LogP contribution in [0, 0.1) is 11.3 Å². The second-order valence-corrected chi connectivity index (χ2v) is 6.00. The van der Waals surface area contributed by atoms with E-state index in [2.05, 4.69) is 10.3 Å². The molecule has 0 aliphatic heterocycles. The maximum Gasteiger partial charge on any atom is 0.157 e. The first-order valence-corrected chi connectivity index (χ1v) is 8.19. The van der Waals surface area contributed by atoms with Crippen LogP contribution in [0.25, 0.3) is 16.6 Å². The van der Waals surface area contributed by atoms with Gasteiger partial charge >= 0.3 is 0 Å². The Kier molecular flexibility index (Phi) is 4.00. The number of nitrogens with zero attached hydrogens (tertiary/aromatic N) is 5. The smallest absolute Gasteiger partial charge is 0.157 e. The van der Waals surface area contributed by atoms with Gasteiger partial charge in [-0.1, -0.05) is 17.4 Å². The molecule has 4 aromatic rings. The van der Waals surface area contributed by atoms with Crippen molar-refractivity contribution in [3.05, 3.63) is 72.2 Å². The van der Waals surface area contributed by atoms with Gasteiger partial charge in [0, 0.05) is 18.8 Å². The van der Waals surface area contributed by atoms with E-state index in [9.17, 15) is 4.39 Å². The van der Waals surface area contributed by atoms with Crippen molar-refractivity contribution < 1.29 is 4.39 Å². The van der Waals surface area contributed by atoms with Gasteiger partial charge in [-0.2, -0.15) is 5.53 Å². The molecule has 0 aliphatic rings. The molecule has 0 unspecified atom stereocenters. The molecule has 0 saturated heterocycles. The average molecular weight is 361 g/mol. The second kappa shape index (κ2) is 6.49. The molecule has 7 nitrogen and oxygen atoms in total. The zero-order chi connectivity index (χ0) is 19.0. The fourth-order valence-corrected chi connectivity index (χ4v) is 3.12. The fraction of sp³-hybridized carbons (Fsp3) is 0.0526. The highest BCUT2D eigenvalue weighted by Gasteiger charge is 2.16. The summed E-state index contributed by atoms with van der Waals surface area (Å²) in [6.07, 6.45) is 1.92. The summed E-state index contributed by atoms with van der Waals surface area (Å²) in [5, 5.41) is 6.53. The molecule has 27 heavy (non-hydrogen) atoms. The largest absolute Gasteiger partial charge is 0.382 e. The van der Waals surface area contributed by atoms with Crippen LogP contribution in [0.15, 0.2) is 71.1 Å². The molecule has 0 spiro atoms. The molecule has 8 heteroatoms. The molecule has 0 bridgehead atoms. The van der Waals surface area contributed by atoms with Gasteiger partial charge in [0.05, 0.1) is 22.2 Å². The monoisotopic (exact) mass is 361 g/mol. The molecule has 0 atom stereocenters. The quantitative estimate of drug-likeness (QED) is 0.248. The fourth-order valence-electron chi connectivity index (χ4n) is 3.12. The van der Waals surface area contributed by atoms with Gasteiger partial charge in [0.2, 0.25) is 0 Å². The van der Waals surface area contributed by atoms with Crippen LogP contribution in [-0.4, -0.2) is 22.3 Å². The summed E-state index contributed by atoms with van der Waals surface area (Å²) in [6.45, 7) is 0. The van der Waals surface area contributed by atoms with Gasteiger partial charge in [0.15, 0.2) is 11.7 Å². The van der Waals surface area contributed by atoms with Crippen molar-refractivity contribution in [2.75, 3.05) is 11.9 Å². The van der Waals surface area contributed by atoms with E-state index in [1.807, 2.05) is 28.8 Å². The molecule has 0 radical (unpaired) electrons. The third-order valence-electron chi connectivity index (χ3n) is 4.42. The van der Waals surface area contributed by atoms with Crippen molar-refractivity contribution in [3.63, 3.8) is 0 Å². The minimum Gasteiger partial charge on any atom is -0.382 e. The first-order valence-electron chi connectivity index (χ1n) is 8.19. The van der Waals surface area contributed by atoms with E-state index < -0.39 is 0 Å². The van der Waals surface area contributed by atoms with E-state index in [0.717, 1.165) is 11.0 Å². The van der Waals surface area contributed by atoms with Crippen LogP contribution < -0.4 is 10.6 Å². The molecule has 134 valence electrons. The minimum absolute atomic E-state index is 0.130. The second-order valence-electron chi connectivity index (χ2n) is 6.00. The Bertz CT molecular complexity index is 1200. The number of fused-ring (bicyclic) bond motifs is 3. The van der Waals surface area contributed by atoms with E-state index in [0.29, 0.717) is 22.6 Å². The third-order valence-corrected chi connectivity index (χ3v) is 4.42. The zero-order valence-corrected chi connectivity index (χ0v) is 14.5. The van der Waals surface area contributed by atoms with Crippen LogP contribution in [0.3, 0.4) is 0 Å². The maximum atomic E-state index is 14.3. The maximum absolute atomic E-state index is 14.3. The molecule has 2 heterocycles. The van der Waals surface area contributed by atoms with Crippen LogP contribution in [0.5, 0.6) is 0 Å². The molecule has 4 rings (SSSR count). The molecule has 2 aromatic heterocycles. The number of aromatic nitrogens is 2. The van der Waals surface area contributed by atoms with Crippen molar-refractivity contribution in [2.45, 2.75) is 0 Å². The van der Waals surface area contributed by atoms with Gasteiger partial charge in [0.25, 0.3) is 0 Å². The standard InChI is InChI=1S/C19H16FN7/c1-26(15-6-3-2-5-13(15)20)19-17-7-4-10-27(17)16-9-8-12(11-14(16)23-19)18(21)24-25-22/h2-11H,1H3,(H3,21,22,24). The van der Waals surface area contributed by atoms with E-state index in [-0.39, 0.29) is 11.7 Å². The Morgan fingerprint density at radius 3 is 2.74 bits per heavy atom. The lowest BCUT2D eigenvalue weighted by atomic mass is 10.1. The van der Waals surface area contributed by atoms with Crippen LogP contribution in [-0.2, 0) is 0 Å². The van der Waals surface area contributed by atoms with Crippen LogP contribution in [0.4, 0.5) is 15.9 Å². The minimum atomic E-state index is -0.325. The van der Waals surface area contributed by atoms with Gasteiger partial charge < -0.3 is 15.0 Å². The first-order chi connectivity index (χ1) is 13.1. The SMILES string of the molecule is CN(c1ccccc1F)c1nc2cc(C(N)=NN=N)ccc2n2cccc12. The Labute approximate surface area is 154 Å². The van der Waals surface area contributed by atoms with Gasteiger partial charge in [-0.25, -0.2) is 9.37 Å². The molecule has 0 aliphatic carbocycles. The summed E-state index contributed by atoms with van der Waals surface area (Å²) in [4.78, 5) is 6.46. The lowest BCUT2D eigenvalue weighted by Gasteiger charge is -2.21. The average Bonchev–Trinajstić information content (AvgIpc) is 3.17. The lowest BCUT2D eigenvalue weighted by Crippen LogP contribution is -2.15. The summed E-state index contributed by atoms with van der Waals surface area (Å²) in [5.41, 5.74) is 16.1. The summed E-state index contributed by atoms with van der Waals surface area (Å²) in [7, 11) is 1.78. The van der Waals surface area contributed by atoms with Gasteiger partial charge in [-0.15, -0.1) is 5.10 Å². The predicted molar refractivity (Wildman–Crippen MR) is 103 cm³/mol.